The minimum Gasteiger partial charge on any atom is -0.493 e. The summed E-state index contributed by atoms with van der Waals surface area (Å²) in [5, 5.41) is 8.47. The molecule has 0 aliphatic heterocycles. The molecule has 0 spiro atoms. The molecule has 0 amide bonds. The zero-order valence-electron chi connectivity index (χ0n) is 14.2. The van der Waals surface area contributed by atoms with Crippen LogP contribution in [0.2, 0.25) is 0 Å². The fourth-order valence-corrected chi connectivity index (χ4v) is 2.56. The van der Waals surface area contributed by atoms with E-state index in [1.165, 1.54) is 0 Å². The summed E-state index contributed by atoms with van der Waals surface area (Å²) in [7, 11) is 3.23. The van der Waals surface area contributed by atoms with Gasteiger partial charge >= 0.3 is 0 Å². The lowest BCUT2D eigenvalue weighted by molar-refractivity contribution is 0.354. The van der Waals surface area contributed by atoms with E-state index in [1.807, 2.05) is 42.8 Å². The van der Waals surface area contributed by atoms with E-state index in [9.17, 15) is 0 Å². The summed E-state index contributed by atoms with van der Waals surface area (Å²) in [6, 6.07) is 7.68. The Morgan fingerprint density at radius 2 is 1.92 bits per heavy atom. The molecule has 7 heteroatoms. The zero-order valence-corrected chi connectivity index (χ0v) is 14.2. The number of nitrogens with zero attached hydrogens (tertiary/aromatic N) is 4. The second-order valence-corrected chi connectivity index (χ2v) is 5.37. The Morgan fingerprint density at radius 1 is 1.12 bits per heavy atom. The highest BCUT2D eigenvalue weighted by molar-refractivity contribution is 5.48. The van der Waals surface area contributed by atoms with Gasteiger partial charge in [0.15, 0.2) is 17.3 Å². The summed E-state index contributed by atoms with van der Waals surface area (Å²) in [6.45, 7) is 4.71. The summed E-state index contributed by atoms with van der Waals surface area (Å²) < 4.78 is 17.8. The molecule has 3 rings (SSSR count). The van der Waals surface area contributed by atoms with Gasteiger partial charge in [-0.2, -0.15) is 10.1 Å². The van der Waals surface area contributed by atoms with Crippen LogP contribution in [0.5, 0.6) is 11.5 Å². The SMILES string of the molecule is CCn1nc(C)cc1-c1nc(Cc2ccc(OC)c(OC)c2)no1. The third-order valence-electron chi connectivity index (χ3n) is 3.70. The van der Waals surface area contributed by atoms with Crippen LogP contribution >= 0.6 is 0 Å². The van der Waals surface area contributed by atoms with Crippen molar-refractivity contribution >= 4 is 0 Å². The van der Waals surface area contributed by atoms with Crippen LogP contribution in [0, 0.1) is 6.92 Å². The van der Waals surface area contributed by atoms with Gasteiger partial charge in [0.05, 0.1) is 19.9 Å². The molecule has 0 fully saturated rings. The Hall–Kier alpha value is -2.83. The molecule has 0 atom stereocenters. The third-order valence-corrected chi connectivity index (χ3v) is 3.70. The minimum absolute atomic E-state index is 0.480. The van der Waals surface area contributed by atoms with E-state index in [0.717, 1.165) is 23.5 Å². The molecule has 0 unspecified atom stereocenters. The molecule has 1 aromatic carbocycles. The van der Waals surface area contributed by atoms with Gasteiger partial charge in [0.2, 0.25) is 0 Å². The number of rotatable bonds is 6. The molecular formula is C17H20N4O3. The van der Waals surface area contributed by atoms with Gasteiger partial charge in [-0.05, 0) is 37.6 Å². The van der Waals surface area contributed by atoms with Crippen LogP contribution in [0.4, 0.5) is 0 Å². The number of ether oxygens (including phenoxy) is 2. The molecular weight excluding hydrogens is 308 g/mol. The first-order valence-electron chi connectivity index (χ1n) is 7.73. The van der Waals surface area contributed by atoms with Crippen LogP contribution in [0.1, 0.15) is 24.0 Å². The van der Waals surface area contributed by atoms with Crippen molar-refractivity contribution in [1.29, 1.82) is 0 Å². The topological polar surface area (TPSA) is 75.2 Å². The van der Waals surface area contributed by atoms with E-state index in [2.05, 4.69) is 15.2 Å². The summed E-state index contributed by atoms with van der Waals surface area (Å²) in [6.07, 6.45) is 0.545. The fraction of sp³-hybridized carbons (Fsp3) is 0.353. The Morgan fingerprint density at radius 3 is 2.62 bits per heavy atom. The van der Waals surface area contributed by atoms with Gasteiger partial charge in [-0.3, -0.25) is 4.68 Å². The predicted octanol–water partition coefficient (Wildman–Crippen LogP) is 2.87. The van der Waals surface area contributed by atoms with Crippen molar-refractivity contribution in [1.82, 2.24) is 19.9 Å². The quantitative estimate of drug-likeness (QED) is 0.692. The summed E-state index contributed by atoms with van der Waals surface area (Å²) in [5.41, 5.74) is 2.77. The molecule has 7 nitrogen and oxygen atoms in total. The third kappa shape index (κ3) is 3.10. The highest BCUT2D eigenvalue weighted by atomic mass is 16.5. The Labute approximate surface area is 140 Å². The molecule has 2 aromatic heterocycles. The first kappa shape index (κ1) is 16.0. The average Bonchev–Trinajstić information content (AvgIpc) is 3.20. The van der Waals surface area contributed by atoms with Crippen LogP contribution in [0.15, 0.2) is 28.8 Å². The maximum Gasteiger partial charge on any atom is 0.276 e. The summed E-state index contributed by atoms with van der Waals surface area (Å²) in [5.74, 6) is 2.46. The van der Waals surface area contributed by atoms with Gasteiger partial charge < -0.3 is 14.0 Å². The minimum atomic E-state index is 0.480. The van der Waals surface area contributed by atoms with Gasteiger partial charge in [-0.15, -0.1) is 0 Å². The number of hydrogen-bond acceptors (Lipinski definition) is 6. The molecule has 0 aliphatic rings. The molecule has 0 N–H and O–H groups in total. The smallest absolute Gasteiger partial charge is 0.276 e. The lowest BCUT2D eigenvalue weighted by atomic mass is 10.1. The van der Waals surface area contributed by atoms with E-state index in [0.29, 0.717) is 29.6 Å². The number of methoxy groups -OCH3 is 2. The largest absolute Gasteiger partial charge is 0.493 e. The van der Waals surface area contributed by atoms with Crippen molar-refractivity contribution in [2.24, 2.45) is 0 Å². The van der Waals surface area contributed by atoms with Gasteiger partial charge in [-0.25, -0.2) is 0 Å². The van der Waals surface area contributed by atoms with Crippen molar-refractivity contribution < 1.29 is 14.0 Å². The van der Waals surface area contributed by atoms with Gasteiger partial charge in [0.25, 0.3) is 5.89 Å². The molecule has 24 heavy (non-hydrogen) atoms. The molecule has 126 valence electrons. The molecule has 0 saturated carbocycles. The Bertz CT molecular complexity index is 838. The van der Waals surface area contributed by atoms with Crippen LogP contribution in [-0.2, 0) is 13.0 Å². The van der Waals surface area contributed by atoms with Crippen molar-refractivity contribution in [3.05, 3.63) is 41.3 Å². The van der Waals surface area contributed by atoms with Crippen LogP contribution in [0.3, 0.4) is 0 Å². The van der Waals surface area contributed by atoms with E-state index in [1.54, 1.807) is 14.2 Å². The highest BCUT2D eigenvalue weighted by Crippen LogP contribution is 2.28. The monoisotopic (exact) mass is 328 g/mol. The first-order valence-corrected chi connectivity index (χ1v) is 7.73. The van der Waals surface area contributed by atoms with Crippen LogP contribution in [0.25, 0.3) is 11.6 Å². The molecule has 3 aromatic rings. The summed E-state index contributed by atoms with van der Waals surface area (Å²) in [4.78, 5) is 4.49. The molecule has 0 saturated heterocycles. The van der Waals surface area contributed by atoms with Crippen molar-refractivity contribution in [3.63, 3.8) is 0 Å². The van der Waals surface area contributed by atoms with Gasteiger partial charge in [0.1, 0.15) is 5.69 Å². The molecule has 0 bridgehead atoms. The molecule has 0 aliphatic carbocycles. The second kappa shape index (κ2) is 6.74. The van der Waals surface area contributed by atoms with E-state index in [4.69, 9.17) is 14.0 Å². The normalized spacial score (nSPS) is 10.8. The molecule has 0 radical (unpaired) electrons. The first-order chi connectivity index (χ1) is 11.6. The maximum absolute atomic E-state index is 5.40. The van der Waals surface area contributed by atoms with E-state index in [-0.39, 0.29) is 0 Å². The number of aryl methyl sites for hydroxylation is 2. The number of benzene rings is 1. The molecule has 2 heterocycles. The van der Waals surface area contributed by atoms with Crippen molar-refractivity contribution in [2.45, 2.75) is 26.8 Å². The Kier molecular flexibility index (Phi) is 4.50. The standard InChI is InChI=1S/C17H20N4O3/c1-5-21-13(8-11(2)19-21)17-18-16(20-24-17)10-12-6-7-14(22-3)15(9-12)23-4/h6-9H,5,10H2,1-4H3. The average molecular weight is 328 g/mol. The predicted molar refractivity (Wildman–Crippen MR) is 88.3 cm³/mol. The van der Waals surface area contributed by atoms with Gasteiger partial charge in [0, 0.05) is 13.0 Å². The highest BCUT2D eigenvalue weighted by Gasteiger charge is 2.15. The maximum atomic E-state index is 5.40. The lowest BCUT2D eigenvalue weighted by Gasteiger charge is -2.08. The lowest BCUT2D eigenvalue weighted by Crippen LogP contribution is -1.99. The fourth-order valence-electron chi connectivity index (χ4n) is 2.56. The van der Waals surface area contributed by atoms with E-state index < -0.39 is 0 Å². The van der Waals surface area contributed by atoms with Crippen LogP contribution < -0.4 is 9.47 Å². The summed E-state index contributed by atoms with van der Waals surface area (Å²) >= 11 is 0. The van der Waals surface area contributed by atoms with Crippen LogP contribution in [-0.4, -0.2) is 34.1 Å². The number of aromatic nitrogens is 4. The van der Waals surface area contributed by atoms with Crippen molar-refractivity contribution in [3.8, 4) is 23.1 Å². The van der Waals surface area contributed by atoms with Gasteiger partial charge in [-0.1, -0.05) is 11.2 Å². The van der Waals surface area contributed by atoms with E-state index >= 15 is 0 Å². The zero-order chi connectivity index (χ0) is 17.1. The number of hydrogen-bond donors (Lipinski definition) is 0. The van der Waals surface area contributed by atoms with Crippen molar-refractivity contribution in [2.75, 3.05) is 14.2 Å². The second-order valence-electron chi connectivity index (χ2n) is 5.37. The Balaban J connectivity index is 1.84.